The van der Waals surface area contributed by atoms with E-state index >= 15 is 0 Å². The summed E-state index contributed by atoms with van der Waals surface area (Å²) in [4.78, 5) is 14.2. The molecule has 0 atom stereocenters. The third kappa shape index (κ3) is 4.63. The Labute approximate surface area is 308 Å². The van der Waals surface area contributed by atoms with E-state index in [4.69, 9.17) is 0 Å². The van der Waals surface area contributed by atoms with Crippen LogP contribution >= 0.6 is 11.3 Å². The third-order valence-corrected chi connectivity index (χ3v) is 11.9. The molecule has 11 aromatic rings. The van der Waals surface area contributed by atoms with Gasteiger partial charge in [-0.2, -0.15) is 0 Å². The highest BCUT2D eigenvalue weighted by Gasteiger charge is 2.14. The fourth-order valence-electron chi connectivity index (χ4n) is 8.22. The van der Waals surface area contributed by atoms with Crippen molar-refractivity contribution in [2.45, 2.75) is 0 Å². The van der Waals surface area contributed by atoms with Gasteiger partial charge in [-0.25, -0.2) is 0 Å². The second kappa shape index (κ2) is 11.6. The van der Waals surface area contributed by atoms with Gasteiger partial charge in [0, 0.05) is 53.1 Å². The van der Waals surface area contributed by atoms with Crippen LogP contribution in [0.1, 0.15) is 0 Å². The van der Waals surface area contributed by atoms with Crippen LogP contribution in [0.3, 0.4) is 0 Å². The molecule has 0 saturated heterocycles. The lowest BCUT2D eigenvalue weighted by atomic mass is 10.0. The predicted molar refractivity (Wildman–Crippen MR) is 225 cm³/mol. The van der Waals surface area contributed by atoms with Crippen LogP contribution in [0, 0.1) is 0 Å². The Kier molecular flexibility index (Phi) is 6.57. The summed E-state index contributed by atoms with van der Waals surface area (Å²) in [5, 5.41) is 6.50. The number of hydrogen-bond donors (Lipinski definition) is 0. The molecule has 3 nitrogen and oxygen atoms in total. The fourth-order valence-corrected chi connectivity index (χ4v) is 9.26. The topological polar surface area (TPSA) is 26.9 Å². The first-order valence-electron chi connectivity index (χ1n) is 17.9. The molecule has 0 radical (unpaired) electrons. The van der Waals surface area contributed by atoms with Gasteiger partial charge in [0.2, 0.25) is 0 Å². The van der Waals surface area contributed by atoms with Gasteiger partial charge < -0.3 is 9.13 Å². The molecular weight excluding hydrogens is 665 g/mol. The number of para-hydroxylation sites is 4. The lowest BCUT2D eigenvalue weighted by Gasteiger charge is -2.11. The number of nitrogens with zero attached hydrogens (tertiary/aromatic N) is 2. The van der Waals surface area contributed by atoms with Crippen molar-refractivity contribution in [2.24, 2.45) is 0 Å². The summed E-state index contributed by atoms with van der Waals surface area (Å²) < 4.78 is 6.65. The molecule has 248 valence electrons. The van der Waals surface area contributed by atoms with Crippen molar-refractivity contribution >= 4 is 75.1 Å². The first kappa shape index (κ1) is 29.9. The molecule has 0 aliphatic rings. The summed E-state index contributed by atoms with van der Waals surface area (Å²) in [5.74, 6) is 0. The standard InChI is InChI=1S/C49H30N2OS/c52-49-41-29-33(31-17-23-35(24-18-31)50-43-13-5-1-9-37(43)38-10-2-6-14-44(38)50)21-27-47(41)53-48-28-22-34(30-42(48)49)32-19-25-36(26-20-32)51-45-15-7-3-11-39(45)40-12-4-8-16-46(40)51/h1-30H. The molecule has 11 rings (SSSR count). The smallest absolute Gasteiger partial charge is 0.195 e. The van der Waals surface area contributed by atoms with E-state index in [0.717, 1.165) is 53.8 Å². The van der Waals surface area contributed by atoms with Crippen molar-refractivity contribution in [1.29, 1.82) is 0 Å². The number of fused-ring (bicyclic) bond motifs is 8. The molecule has 0 aliphatic carbocycles. The highest BCUT2D eigenvalue weighted by atomic mass is 32.1. The Hall–Kier alpha value is -6.75. The first-order chi connectivity index (χ1) is 26.2. The lowest BCUT2D eigenvalue weighted by molar-refractivity contribution is 1.18. The monoisotopic (exact) mass is 694 g/mol. The Balaban J connectivity index is 0.955. The average Bonchev–Trinajstić information content (AvgIpc) is 3.74. The van der Waals surface area contributed by atoms with Crippen LogP contribution in [-0.2, 0) is 0 Å². The number of hydrogen-bond acceptors (Lipinski definition) is 2. The maximum Gasteiger partial charge on any atom is 0.195 e. The molecule has 53 heavy (non-hydrogen) atoms. The molecule has 4 heteroatoms. The molecule has 3 aromatic heterocycles. The second-order valence-electron chi connectivity index (χ2n) is 13.7. The van der Waals surface area contributed by atoms with Gasteiger partial charge in [-0.05, 0) is 95.1 Å². The summed E-state index contributed by atoms with van der Waals surface area (Å²) in [6, 6.07) is 64.2. The molecule has 0 fully saturated rings. The quantitative estimate of drug-likeness (QED) is 0.169. The van der Waals surface area contributed by atoms with Crippen molar-refractivity contribution < 1.29 is 0 Å². The van der Waals surface area contributed by atoms with Crippen molar-refractivity contribution in [3.63, 3.8) is 0 Å². The summed E-state index contributed by atoms with van der Waals surface area (Å²) in [6.45, 7) is 0. The number of aromatic nitrogens is 2. The van der Waals surface area contributed by atoms with Gasteiger partial charge in [0.15, 0.2) is 5.43 Å². The van der Waals surface area contributed by atoms with Crippen LogP contribution < -0.4 is 5.43 Å². The molecule has 0 amide bonds. The van der Waals surface area contributed by atoms with E-state index in [1.165, 1.54) is 43.6 Å². The fraction of sp³-hybridized carbons (Fsp3) is 0. The third-order valence-electron chi connectivity index (χ3n) is 10.7. The van der Waals surface area contributed by atoms with Crippen LogP contribution in [-0.4, -0.2) is 9.13 Å². The Morgan fingerprint density at radius 1 is 0.321 bits per heavy atom. The summed E-state index contributed by atoms with van der Waals surface area (Å²) >= 11 is 1.67. The van der Waals surface area contributed by atoms with E-state index in [1.54, 1.807) is 11.3 Å². The largest absolute Gasteiger partial charge is 0.309 e. The van der Waals surface area contributed by atoms with Gasteiger partial charge in [0.1, 0.15) is 0 Å². The molecular formula is C49H30N2OS. The average molecular weight is 695 g/mol. The maximum atomic E-state index is 14.2. The molecule has 0 N–H and O–H groups in total. The first-order valence-corrected chi connectivity index (χ1v) is 18.7. The van der Waals surface area contributed by atoms with Crippen molar-refractivity contribution in [3.05, 3.63) is 192 Å². The predicted octanol–water partition coefficient (Wildman–Crippen LogP) is 12.9. The van der Waals surface area contributed by atoms with E-state index in [2.05, 4.69) is 191 Å². The van der Waals surface area contributed by atoms with E-state index in [-0.39, 0.29) is 5.43 Å². The highest BCUT2D eigenvalue weighted by molar-refractivity contribution is 7.24. The molecule has 0 aliphatic heterocycles. The van der Waals surface area contributed by atoms with E-state index < -0.39 is 0 Å². The molecule has 0 unspecified atom stereocenters. The van der Waals surface area contributed by atoms with Crippen LogP contribution in [0.4, 0.5) is 0 Å². The Morgan fingerprint density at radius 2 is 0.642 bits per heavy atom. The minimum absolute atomic E-state index is 0.0706. The highest BCUT2D eigenvalue weighted by Crippen LogP contribution is 2.36. The summed E-state index contributed by atoms with van der Waals surface area (Å²) in [6.07, 6.45) is 0. The van der Waals surface area contributed by atoms with Gasteiger partial charge in [-0.1, -0.05) is 109 Å². The van der Waals surface area contributed by atoms with Gasteiger partial charge in [0.05, 0.1) is 22.1 Å². The second-order valence-corrected chi connectivity index (χ2v) is 14.8. The van der Waals surface area contributed by atoms with Gasteiger partial charge >= 0.3 is 0 Å². The molecule has 8 aromatic carbocycles. The molecule has 0 bridgehead atoms. The Bertz CT molecular complexity index is 2970. The zero-order valence-electron chi connectivity index (χ0n) is 28.5. The zero-order valence-corrected chi connectivity index (χ0v) is 29.3. The Morgan fingerprint density at radius 3 is 1.00 bits per heavy atom. The van der Waals surface area contributed by atoms with E-state index in [9.17, 15) is 4.79 Å². The van der Waals surface area contributed by atoms with Crippen LogP contribution in [0.25, 0.3) is 97.4 Å². The normalized spacial score (nSPS) is 11.8. The van der Waals surface area contributed by atoms with Crippen molar-refractivity contribution in [3.8, 4) is 33.6 Å². The van der Waals surface area contributed by atoms with Crippen LogP contribution in [0.2, 0.25) is 0 Å². The summed E-state index contributed by atoms with van der Waals surface area (Å²) in [5.41, 5.74) is 11.3. The molecule has 0 spiro atoms. The van der Waals surface area contributed by atoms with E-state index in [0.29, 0.717) is 0 Å². The van der Waals surface area contributed by atoms with E-state index in [1.807, 2.05) is 0 Å². The van der Waals surface area contributed by atoms with Crippen LogP contribution in [0.15, 0.2) is 187 Å². The van der Waals surface area contributed by atoms with Gasteiger partial charge in [0.25, 0.3) is 0 Å². The summed E-state index contributed by atoms with van der Waals surface area (Å²) in [7, 11) is 0. The number of rotatable bonds is 4. The lowest BCUT2D eigenvalue weighted by Crippen LogP contribution is -2.01. The zero-order chi connectivity index (χ0) is 35.0. The number of benzene rings is 8. The minimum Gasteiger partial charge on any atom is -0.309 e. The van der Waals surface area contributed by atoms with Gasteiger partial charge in [-0.15, -0.1) is 11.3 Å². The minimum atomic E-state index is 0.0706. The van der Waals surface area contributed by atoms with Gasteiger partial charge in [-0.3, -0.25) is 4.79 Å². The maximum absolute atomic E-state index is 14.2. The van der Waals surface area contributed by atoms with Crippen molar-refractivity contribution in [1.82, 2.24) is 9.13 Å². The SMILES string of the molecule is O=c1c2cc(-c3ccc(-n4c5ccccc5c5ccccc54)cc3)ccc2sc2ccc(-c3ccc(-n4c5ccccc5c5ccccc54)cc3)cc12. The molecule has 3 heterocycles. The van der Waals surface area contributed by atoms with Crippen molar-refractivity contribution in [2.75, 3.05) is 0 Å². The molecule has 0 saturated carbocycles. The van der Waals surface area contributed by atoms with Crippen LogP contribution in [0.5, 0.6) is 0 Å².